The van der Waals surface area contributed by atoms with E-state index in [1.807, 2.05) is 0 Å². The van der Waals surface area contributed by atoms with Crippen LogP contribution in [0.25, 0.3) is 10.7 Å². The Morgan fingerprint density at radius 1 is 1.33 bits per heavy atom. The molecule has 2 aromatic rings. The van der Waals surface area contributed by atoms with Gasteiger partial charge in [-0.15, -0.1) is 11.3 Å². The maximum atomic E-state index is 13.0. The second kappa shape index (κ2) is 5.46. The van der Waals surface area contributed by atoms with Crippen molar-refractivity contribution in [3.05, 3.63) is 34.7 Å². The maximum absolute atomic E-state index is 13.0. The molecule has 1 aliphatic carbocycles. The summed E-state index contributed by atoms with van der Waals surface area (Å²) in [4.78, 5) is 10.2. The zero-order valence-electron chi connectivity index (χ0n) is 12.6. The number of hydrogen-bond donors (Lipinski definition) is 1. The summed E-state index contributed by atoms with van der Waals surface area (Å²) >= 11 is 1.66. The summed E-state index contributed by atoms with van der Waals surface area (Å²) in [5.74, 6) is -0.318. The Labute approximate surface area is 128 Å². The van der Waals surface area contributed by atoms with Crippen LogP contribution in [0.3, 0.4) is 0 Å². The summed E-state index contributed by atoms with van der Waals surface area (Å²) in [6, 6.07) is 3.80. The largest absolute Gasteiger partial charge is 0.309 e. The van der Waals surface area contributed by atoms with Gasteiger partial charge in [-0.05, 0) is 25.0 Å². The highest BCUT2D eigenvalue weighted by Crippen LogP contribution is 2.34. The van der Waals surface area contributed by atoms with Crippen LogP contribution < -0.4 is 5.32 Å². The number of rotatable bonds is 4. The van der Waals surface area contributed by atoms with Crippen molar-refractivity contribution in [1.29, 1.82) is 0 Å². The lowest BCUT2D eigenvalue weighted by Crippen LogP contribution is -2.19. The molecule has 0 spiro atoms. The summed E-state index contributed by atoms with van der Waals surface area (Å²) in [5.41, 5.74) is 1.85. The molecular weight excluding hydrogens is 285 g/mol. The van der Waals surface area contributed by atoms with Crippen molar-refractivity contribution < 1.29 is 4.39 Å². The topological polar surface area (TPSA) is 37.8 Å². The van der Waals surface area contributed by atoms with Crippen LogP contribution in [-0.2, 0) is 12.0 Å². The Balaban J connectivity index is 1.91. The Morgan fingerprint density at radius 2 is 2.10 bits per heavy atom. The van der Waals surface area contributed by atoms with E-state index in [-0.39, 0.29) is 11.2 Å². The second-order valence-electron chi connectivity index (χ2n) is 6.56. The van der Waals surface area contributed by atoms with E-state index >= 15 is 0 Å². The van der Waals surface area contributed by atoms with Gasteiger partial charge in [-0.25, -0.2) is 9.37 Å². The third kappa shape index (κ3) is 3.47. The molecule has 0 amide bonds. The highest BCUT2D eigenvalue weighted by atomic mass is 32.1. The van der Waals surface area contributed by atoms with Crippen molar-refractivity contribution in [1.82, 2.24) is 15.3 Å². The van der Waals surface area contributed by atoms with Gasteiger partial charge < -0.3 is 5.32 Å². The Kier molecular flexibility index (Phi) is 3.80. The smallest absolute Gasteiger partial charge is 0.142 e. The molecule has 1 aliphatic rings. The lowest BCUT2D eigenvalue weighted by atomic mass is 9.91. The minimum atomic E-state index is -0.318. The van der Waals surface area contributed by atoms with Crippen LogP contribution in [0.1, 0.15) is 44.2 Å². The van der Waals surface area contributed by atoms with Gasteiger partial charge in [0.25, 0.3) is 0 Å². The molecule has 0 unspecified atom stereocenters. The maximum Gasteiger partial charge on any atom is 0.142 e. The molecule has 2 heterocycles. The molecule has 21 heavy (non-hydrogen) atoms. The average Bonchev–Trinajstić information content (AvgIpc) is 3.14. The first-order valence-corrected chi connectivity index (χ1v) is 8.10. The molecule has 0 aliphatic heterocycles. The zero-order valence-corrected chi connectivity index (χ0v) is 13.4. The van der Waals surface area contributed by atoms with E-state index in [1.54, 1.807) is 17.4 Å². The minimum Gasteiger partial charge on any atom is -0.309 e. The quantitative estimate of drug-likeness (QED) is 0.931. The molecule has 1 N–H and O–H groups in total. The van der Waals surface area contributed by atoms with E-state index in [9.17, 15) is 4.39 Å². The molecular formula is C16H20FN3S. The molecule has 1 saturated carbocycles. The number of pyridine rings is 1. The predicted molar refractivity (Wildman–Crippen MR) is 83.9 cm³/mol. The molecule has 2 aromatic heterocycles. The normalized spacial score (nSPS) is 15.4. The molecule has 3 rings (SSSR count). The summed E-state index contributed by atoms with van der Waals surface area (Å²) in [6.45, 7) is 7.37. The summed E-state index contributed by atoms with van der Waals surface area (Å²) in [5, 5.41) is 4.42. The van der Waals surface area contributed by atoms with Gasteiger partial charge in [0.2, 0.25) is 0 Å². The summed E-state index contributed by atoms with van der Waals surface area (Å²) in [6.07, 6.45) is 3.79. The lowest BCUT2D eigenvalue weighted by molar-refractivity contribution is 0.559. The van der Waals surface area contributed by atoms with Gasteiger partial charge >= 0.3 is 0 Å². The van der Waals surface area contributed by atoms with E-state index in [0.29, 0.717) is 6.04 Å². The Bertz CT molecular complexity index is 624. The van der Waals surface area contributed by atoms with Crippen LogP contribution in [0.2, 0.25) is 0 Å². The van der Waals surface area contributed by atoms with E-state index < -0.39 is 0 Å². The highest BCUT2D eigenvalue weighted by Gasteiger charge is 2.26. The fraction of sp³-hybridized carbons (Fsp3) is 0.500. The van der Waals surface area contributed by atoms with Gasteiger partial charge in [0, 0.05) is 22.9 Å². The molecule has 112 valence electrons. The van der Waals surface area contributed by atoms with Gasteiger partial charge in [-0.1, -0.05) is 20.8 Å². The summed E-state index contributed by atoms with van der Waals surface area (Å²) in [7, 11) is 0. The van der Waals surface area contributed by atoms with Crippen molar-refractivity contribution in [3.8, 4) is 10.7 Å². The monoisotopic (exact) mass is 305 g/mol. The van der Waals surface area contributed by atoms with Crippen LogP contribution >= 0.6 is 11.3 Å². The standard InChI is InChI=1S/C16H20FN3S/c1-16(2,3)14-13(9-18-11-5-6-11)21-15(20-14)12-7-4-10(17)8-19-12/h4,7-8,11,18H,5-6,9H2,1-3H3. The number of nitrogens with one attached hydrogen (secondary N) is 1. The van der Waals surface area contributed by atoms with Gasteiger partial charge in [0.05, 0.1) is 17.6 Å². The van der Waals surface area contributed by atoms with E-state index in [1.165, 1.54) is 30.0 Å². The first-order valence-electron chi connectivity index (χ1n) is 7.29. The molecule has 0 bridgehead atoms. The number of hydrogen-bond acceptors (Lipinski definition) is 4. The van der Waals surface area contributed by atoms with Crippen LogP contribution in [0.4, 0.5) is 4.39 Å². The number of nitrogens with zero attached hydrogens (tertiary/aromatic N) is 2. The van der Waals surface area contributed by atoms with Crippen molar-refractivity contribution >= 4 is 11.3 Å². The highest BCUT2D eigenvalue weighted by molar-refractivity contribution is 7.15. The van der Waals surface area contributed by atoms with E-state index in [4.69, 9.17) is 4.98 Å². The van der Waals surface area contributed by atoms with E-state index in [0.717, 1.165) is 22.9 Å². The molecule has 0 atom stereocenters. The third-order valence-electron chi connectivity index (χ3n) is 3.48. The first-order chi connectivity index (χ1) is 9.93. The Morgan fingerprint density at radius 3 is 2.67 bits per heavy atom. The van der Waals surface area contributed by atoms with Crippen molar-refractivity contribution in [2.45, 2.75) is 51.6 Å². The number of thiazole rings is 1. The molecule has 0 saturated heterocycles. The number of aromatic nitrogens is 2. The fourth-order valence-corrected chi connectivity index (χ4v) is 3.39. The molecule has 0 radical (unpaired) electrons. The van der Waals surface area contributed by atoms with Gasteiger partial charge in [-0.3, -0.25) is 4.98 Å². The van der Waals surface area contributed by atoms with Gasteiger partial charge in [0.15, 0.2) is 0 Å². The second-order valence-corrected chi connectivity index (χ2v) is 7.64. The molecule has 1 fully saturated rings. The average molecular weight is 305 g/mol. The van der Waals surface area contributed by atoms with Crippen LogP contribution in [-0.4, -0.2) is 16.0 Å². The SMILES string of the molecule is CC(C)(C)c1nc(-c2ccc(F)cn2)sc1CNC1CC1. The van der Waals surface area contributed by atoms with Crippen molar-refractivity contribution in [2.24, 2.45) is 0 Å². The molecule has 0 aromatic carbocycles. The lowest BCUT2D eigenvalue weighted by Gasteiger charge is -2.17. The van der Waals surface area contributed by atoms with Crippen LogP contribution in [0.15, 0.2) is 18.3 Å². The zero-order chi connectivity index (χ0) is 15.0. The third-order valence-corrected chi connectivity index (χ3v) is 4.56. The molecule has 5 heteroatoms. The minimum absolute atomic E-state index is 0.00462. The van der Waals surface area contributed by atoms with Crippen molar-refractivity contribution in [3.63, 3.8) is 0 Å². The number of halogens is 1. The molecule has 3 nitrogen and oxygen atoms in total. The van der Waals surface area contributed by atoms with Gasteiger partial charge in [0.1, 0.15) is 10.8 Å². The van der Waals surface area contributed by atoms with Gasteiger partial charge in [-0.2, -0.15) is 0 Å². The first kappa shape index (κ1) is 14.6. The summed E-state index contributed by atoms with van der Waals surface area (Å²) < 4.78 is 13.0. The predicted octanol–water partition coefficient (Wildman–Crippen LogP) is 3.89. The van der Waals surface area contributed by atoms with Crippen LogP contribution in [0, 0.1) is 5.82 Å². The van der Waals surface area contributed by atoms with Crippen LogP contribution in [0.5, 0.6) is 0 Å². The fourth-order valence-electron chi connectivity index (χ4n) is 2.19. The van der Waals surface area contributed by atoms with E-state index in [2.05, 4.69) is 31.1 Å². The Hall–Kier alpha value is -1.33. The van der Waals surface area contributed by atoms with Crippen molar-refractivity contribution in [2.75, 3.05) is 0 Å².